The fourth-order valence-corrected chi connectivity index (χ4v) is 3.46. The third-order valence-corrected chi connectivity index (χ3v) is 5.43. The largest absolute Gasteiger partial charge is 0.493 e. The van der Waals surface area contributed by atoms with Crippen molar-refractivity contribution in [2.75, 3.05) is 12.4 Å². The minimum atomic E-state index is -0.507. The number of hydrogen-bond acceptors (Lipinski definition) is 4. The molecule has 0 aromatic heterocycles. The number of nitrogens with zero attached hydrogens (tertiary/aromatic N) is 1. The number of anilines is 1. The predicted molar refractivity (Wildman–Crippen MR) is 130 cm³/mol. The standard InChI is InChI=1S/C25H20BrClN2O3/c1-16-5-3-4-6-22(16)29-25(30)19(14-28)11-18-12-21(27)24(23(13-18)31-2)32-15-17-7-9-20(26)10-8-17/h3-13H,15H2,1-2H3,(H,29,30)/b19-11-. The van der Waals surface area contributed by atoms with E-state index in [0.717, 1.165) is 15.6 Å². The second kappa shape index (κ2) is 10.9. The fourth-order valence-electron chi connectivity index (χ4n) is 2.92. The van der Waals surface area contributed by atoms with Gasteiger partial charge in [-0.3, -0.25) is 4.79 Å². The number of amides is 1. The van der Waals surface area contributed by atoms with Gasteiger partial charge in [-0.15, -0.1) is 0 Å². The van der Waals surface area contributed by atoms with Gasteiger partial charge in [-0.1, -0.05) is 57.9 Å². The first-order valence-corrected chi connectivity index (χ1v) is 10.8. The summed E-state index contributed by atoms with van der Waals surface area (Å²) in [5.41, 5.74) is 2.99. The zero-order valence-corrected chi connectivity index (χ0v) is 19.8. The van der Waals surface area contributed by atoms with Crippen molar-refractivity contribution < 1.29 is 14.3 Å². The van der Waals surface area contributed by atoms with Crippen LogP contribution in [0.3, 0.4) is 0 Å². The summed E-state index contributed by atoms with van der Waals surface area (Å²) in [6.45, 7) is 2.18. The molecule has 0 aliphatic rings. The number of hydrogen-bond donors (Lipinski definition) is 1. The molecule has 5 nitrogen and oxygen atoms in total. The van der Waals surface area contributed by atoms with Gasteiger partial charge in [-0.05, 0) is 60.0 Å². The van der Waals surface area contributed by atoms with E-state index in [2.05, 4.69) is 21.2 Å². The molecule has 0 bridgehead atoms. The fraction of sp³-hybridized carbons (Fsp3) is 0.120. The summed E-state index contributed by atoms with van der Waals surface area (Å²) in [4.78, 5) is 12.6. The van der Waals surface area contributed by atoms with Crippen molar-refractivity contribution in [3.63, 3.8) is 0 Å². The van der Waals surface area contributed by atoms with E-state index in [-0.39, 0.29) is 5.57 Å². The molecule has 0 saturated carbocycles. The first-order valence-electron chi connectivity index (χ1n) is 9.65. The minimum absolute atomic E-state index is 0.0603. The van der Waals surface area contributed by atoms with Crippen LogP contribution in [0, 0.1) is 18.3 Å². The molecule has 3 aromatic carbocycles. The lowest BCUT2D eigenvalue weighted by Gasteiger charge is -2.14. The number of aryl methyl sites for hydroxylation is 1. The summed E-state index contributed by atoms with van der Waals surface area (Å²) < 4.78 is 12.3. The van der Waals surface area contributed by atoms with Gasteiger partial charge >= 0.3 is 0 Å². The van der Waals surface area contributed by atoms with Gasteiger partial charge in [0.05, 0.1) is 12.1 Å². The summed E-state index contributed by atoms with van der Waals surface area (Å²) in [5, 5.41) is 12.6. The highest BCUT2D eigenvalue weighted by Gasteiger charge is 2.15. The van der Waals surface area contributed by atoms with Crippen molar-refractivity contribution in [1.29, 1.82) is 5.26 Å². The van der Waals surface area contributed by atoms with Crippen LogP contribution in [-0.2, 0) is 11.4 Å². The van der Waals surface area contributed by atoms with Crippen LogP contribution in [0.15, 0.2) is 70.7 Å². The van der Waals surface area contributed by atoms with Gasteiger partial charge in [-0.25, -0.2) is 0 Å². The molecule has 0 aliphatic carbocycles. The lowest BCUT2D eigenvalue weighted by Crippen LogP contribution is -2.14. The Bertz CT molecular complexity index is 1200. The van der Waals surface area contributed by atoms with E-state index < -0.39 is 5.91 Å². The lowest BCUT2D eigenvalue weighted by atomic mass is 10.1. The van der Waals surface area contributed by atoms with Crippen molar-refractivity contribution in [3.05, 3.63) is 92.4 Å². The highest BCUT2D eigenvalue weighted by molar-refractivity contribution is 9.10. The van der Waals surface area contributed by atoms with Gasteiger partial charge in [0.1, 0.15) is 18.2 Å². The highest BCUT2D eigenvalue weighted by atomic mass is 79.9. The van der Waals surface area contributed by atoms with E-state index in [0.29, 0.717) is 34.4 Å². The first kappa shape index (κ1) is 23.4. The Morgan fingerprint density at radius 3 is 2.56 bits per heavy atom. The molecule has 162 valence electrons. The molecular weight excluding hydrogens is 492 g/mol. The molecule has 0 spiro atoms. The molecule has 1 amide bonds. The van der Waals surface area contributed by atoms with E-state index >= 15 is 0 Å². The Balaban J connectivity index is 1.82. The van der Waals surface area contributed by atoms with Gasteiger partial charge in [-0.2, -0.15) is 5.26 Å². The van der Waals surface area contributed by atoms with Gasteiger partial charge in [0.2, 0.25) is 0 Å². The van der Waals surface area contributed by atoms with Crippen molar-refractivity contribution in [1.82, 2.24) is 0 Å². The number of rotatable bonds is 7. The molecule has 0 saturated heterocycles. The van der Waals surface area contributed by atoms with Crippen LogP contribution >= 0.6 is 27.5 Å². The Kier molecular flexibility index (Phi) is 7.93. The Labute approximate surface area is 200 Å². The van der Waals surface area contributed by atoms with Crippen LogP contribution in [-0.4, -0.2) is 13.0 Å². The molecule has 0 aliphatic heterocycles. The minimum Gasteiger partial charge on any atom is -0.493 e. The van der Waals surface area contributed by atoms with E-state index in [9.17, 15) is 10.1 Å². The van der Waals surface area contributed by atoms with Crippen molar-refractivity contribution in [3.8, 4) is 17.6 Å². The number of carbonyl (C=O) groups is 1. The normalized spacial score (nSPS) is 10.9. The van der Waals surface area contributed by atoms with Gasteiger partial charge in [0.15, 0.2) is 11.5 Å². The summed E-state index contributed by atoms with van der Waals surface area (Å²) in [6.07, 6.45) is 1.46. The SMILES string of the molecule is COc1cc(/C=C(/C#N)C(=O)Nc2ccccc2C)cc(Cl)c1OCc1ccc(Br)cc1. The van der Waals surface area contributed by atoms with Crippen LogP contribution in [0.1, 0.15) is 16.7 Å². The van der Waals surface area contributed by atoms with Gasteiger partial charge < -0.3 is 14.8 Å². The molecular formula is C25H20BrClN2O3. The number of halogens is 2. The van der Waals surface area contributed by atoms with Crippen LogP contribution < -0.4 is 14.8 Å². The Morgan fingerprint density at radius 1 is 1.19 bits per heavy atom. The number of carbonyl (C=O) groups excluding carboxylic acids is 1. The molecule has 3 rings (SSSR count). The van der Waals surface area contributed by atoms with Gasteiger partial charge in [0, 0.05) is 10.2 Å². The van der Waals surface area contributed by atoms with E-state index in [1.165, 1.54) is 13.2 Å². The molecule has 1 N–H and O–H groups in total. The van der Waals surface area contributed by atoms with E-state index in [1.54, 1.807) is 18.2 Å². The Morgan fingerprint density at radius 2 is 1.91 bits per heavy atom. The van der Waals surface area contributed by atoms with Crippen LogP contribution in [0.25, 0.3) is 6.08 Å². The van der Waals surface area contributed by atoms with E-state index in [4.69, 9.17) is 21.1 Å². The number of nitriles is 1. The number of para-hydroxylation sites is 1. The molecule has 0 fully saturated rings. The van der Waals surface area contributed by atoms with Crippen molar-refractivity contribution in [2.45, 2.75) is 13.5 Å². The van der Waals surface area contributed by atoms with Crippen molar-refractivity contribution in [2.24, 2.45) is 0 Å². The summed E-state index contributed by atoms with van der Waals surface area (Å²) in [5.74, 6) is 0.280. The zero-order valence-electron chi connectivity index (χ0n) is 17.5. The zero-order chi connectivity index (χ0) is 23.1. The van der Waals surface area contributed by atoms with Crippen molar-refractivity contribution >= 4 is 45.2 Å². The van der Waals surface area contributed by atoms with Crippen LogP contribution in [0.5, 0.6) is 11.5 Å². The van der Waals surface area contributed by atoms with Crippen LogP contribution in [0.4, 0.5) is 5.69 Å². The molecule has 3 aromatic rings. The molecule has 0 radical (unpaired) electrons. The second-order valence-electron chi connectivity index (χ2n) is 6.89. The molecule has 32 heavy (non-hydrogen) atoms. The maximum Gasteiger partial charge on any atom is 0.266 e. The molecule has 0 atom stereocenters. The lowest BCUT2D eigenvalue weighted by molar-refractivity contribution is -0.112. The smallest absolute Gasteiger partial charge is 0.266 e. The molecule has 0 unspecified atom stereocenters. The van der Waals surface area contributed by atoms with E-state index in [1.807, 2.05) is 55.5 Å². The quantitative estimate of drug-likeness (QED) is 0.289. The first-order chi connectivity index (χ1) is 15.4. The number of benzene rings is 3. The maximum absolute atomic E-state index is 12.6. The number of nitrogens with one attached hydrogen (secondary N) is 1. The maximum atomic E-state index is 12.6. The Hall–Kier alpha value is -3.27. The number of ether oxygens (including phenoxy) is 2. The third-order valence-electron chi connectivity index (χ3n) is 4.62. The summed E-state index contributed by atoms with van der Waals surface area (Å²) in [7, 11) is 1.50. The average Bonchev–Trinajstić information content (AvgIpc) is 2.79. The summed E-state index contributed by atoms with van der Waals surface area (Å²) in [6, 6.07) is 20.3. The third kappa shape index (κ3) is 5.91. The topological polar surface area (TPSA) is 71.3 Å². The second-order valence-corrected chi connectivity index (χ2v) is 8.21. The molecule has 0 heterocycles. The monoisotopic (exact) mass is 510 g/mol. The average molecular weight is 512 g/mol. The number of methoxy groups -OCH3 is 1. The summed E-state index contributed by atoms with van der Waals surface area (Å²) >= 11 is 9.84. The van der Waals surface area contributed by atoms with Gasteiger partial charge in [0.25, 0.3) is 5.91 Å². The predicted octanol–water partition coefficient (Wildman–Crippen LogP) is 6.54. The van der Waals surface area contributed by atoms with Crippen LogP contribution in [0.2, 0.25) is 5.02 Å². The molecule has 7 heteroatoms. The highest BCUT2D eigenvalue weighted by Crippen LogP contribution is 2.37.